The maximum Gasteiger partial charge on any atom is 0.159 e. The average Bonchev–Trinajstić information content (AvgIpc) is 3.29. The van der Waals surface area contributed by atoms with Crippen LogP contribution in [0.3, 0.4) is 0 Å². The Kier molecular flexibility index (Phi) is 3.62. The minimum atomic E-state index is 0.0508. The van der Waals surface area contributed by atoms with Crippen LogP contribution in [-0.4, -0.2) is 11.1 Å². The van der Waals surface area contributed by atoms with Crippen LogP contribution in [0.25, 0.3) is 21.9 Å². The molecule has 146 valence electrons. The fourth-order valence-corrected chi connectivity index (χ4v) is 4.66. The molecule has 4 nitrogen and oxygen atoms in total. The molecule has 4 heteroatoms. The maximum atomic E-state index is 6.39. The van der Waals surface area contributed by atoms with E-state index in [0.29, 0.717) is 0 Å². The Labute approximate surface area is 175 Å². The van der Waals surface area contributed by atoms with E-state index >= 15 is 0 Å². The van der Waals surface area contributed by atoms with E-state index in [1.807, 2.05) is 30.5 Å². The summed E-state index contributed by atoms with van der Waals surface area (Å²) in [5.41, 5.74) is 6.32. The molecule has 2 aromatic heterocycles. The van der Waals surface area contributed by atoms with E-state index in [1.165, 1.54) is 5.56 Å². The summed E-state index contributed by atoms with van der Waals surface area (Å²) in [5, 5.41) is 2.27. The van der Waals surface area contributed by atoms with Crippen LogP contribution in [-0.2, 0) is 0 Å². The molecule has 3 aromatic carbocycles. The second kappa shape index (κ2) is 6.36. The third kappa shape index (κ3) is 2.31. The number of para-hydroxylation sites is 2. The number of aromatic nitrogens is 1. The van der Waals surface area contributed by atoms with Gasteiger partial charge in [-0.05, 0) is 49.7 Å². The highest BCUT2D eigenvalue weighted by atomic mass is 16.3. The van der Waals surface area contributed by atoms with Crippen molar-refractivity contribution in [3.05, 3.63) is 90.6 Å². The van der Waals surface area contributed by atoms with Gasteiger partial charge in [0, 0.05) is 22.7 Å². The molecule has 0 aliphatic carbocycles. The van der Waals surface area contributed by atoms with E-state index in [4.69, 9.17) is 9.40 Å². The van der Waals surface area contributed by atoms with E-state index in [9.17, 15) is 0 Å². The summed E-state index contributed by atoms with van der Waals surface area (Å²) in [7, 11) is 0. The predicted octanol–water partition coefficient (Wildman–Crippen LogP) is 6.93. The topological polar surface area (TPSA) is 32.5 Å². The number of furan rings is 1. The zero-order valence-corrected chi connectivity index (χ0v) is 16.9. The molecule has 0 bridgehead atoms. The second-order valence-electron chi connectivity index (χ2n) is 7.76. The van der Waals surface area contributed by atoms with Crippen molar-refractivity contribution in [2.75, 3.05) is 9.80 Å². The molecule has 3 heterocycles. The van der Waals surface area contributed by atoms with Gasteiger partial charge in [-0.25, -0.2) is 4.98 Å². The van der Waals surface area contributed by atoms with Crippen LogP contribution in [0, 0.1) is 6.92 Å². The van der Waals surface area contributed by atoms with Crippen LogP contribution in [0.5, 0.6) is 0 Å². The summed E-state index contributed by atoms with van der Waals surface area (Å²) in [6, 6.07) is 27.2. The maximum absolute atomic E-state index is 6.39. The molecule has 30 heavy (non-hydrogen) atoms. The van der Waals surface area contributed by atoms with Gasteiger partial charge in [-0.2, -0.15) is 0 Å². The van der Waals surface area contributed by atoms with Crippen LogP contribution in [0.1, 0.15) is 12.5 Å². The number of hydrogen-bond donors (Lipinski definition) is 0. The third-order valence-electron chi connectivity index (χ3n) is 6.00. The lowest BCUT2D eigenvalue weighted by Gasteiger charge is -2.30. The van der Waals surface area contributed by atoms with E-state index in [1.54, 1.807) is 0 Å². The molecule has 1 aliphatic rings. The Morgan fingerprint density at radius 3 is 2.47 bits per heavy atom. The molecule has 5 aromatic rings. The van der Waals surface area contributed by atoms with Gasteiger partial charge in [0.25, 0.3) is 0 Å². The van der Waals surface area contributed by atoms with Crippen molar-refractivity contribution < 1.29 is 4.42 Å². The third-order valence-corrected chi connectivity index (χ3v) is 6.00. The molecule has 0 unspecified atom stereocenters. The van der Waals surface area contributed by atoms with Gasteiger partial charge in [-0.1, -0.05) is 48.5 Å². The fourth-order valence-electron chi connectivity index (χ4n) is 4.66. The number of fused-ring (bicyclic) bond motifs is 4. The summed E-state index contributed by atoms with van der Waals surface area (Å²) >= 11 is 0. The Morgan fingerprint density at radius 1 is 0.800 bits per heavy atom. The highest BCUT2D eigenvalue weighted by molar-refractivity contribution is 6.10. The lowest BCUT2D eigenvalue weighted by atomic mass is 10.1. The smallest absolute Gasteiger partial charge is 0.159 e. The molecule has 0 amide bonds. The quantitative estimate of drug-likeness (QED) is 0.327. The Hall–Kier alpha value is -3.79. The molecular formula is C26H21N3O. The molecule has 1 aliphatic heterocycles. The Bertz CT molecular complexity index is 1390. The molecular weight excluding hydrogens is 370 g/mol. The van der Waals surface area contributed by atoms with Crippen LogP contribution in [0.4, 0.5) is 22.9 Å². The number of pyridine rings is 1. The standard InChI is InChI=1S/C26H21N3O/c1-17-14-15-21-20-11-6-7-13-23(20)30-25(21)24(17)29-18(2)28(19-9-4-3-5-10-19)22-12-8-16-27-26(22)29/h3-16,18H,1-2H3/t18-/m1/s1. The van der Waals surface area contributed by atoms with Gasteiger partial charge in [-0.15, -0.1) is 0 Å². The summed E-state index contributed by atoms with van der Waals surface area (Å²) in [6.45, 7) is 4.36. The predicted molar refractivity (Wildman–Crippen MR) is 123 cm³/mol. The van der Waals surface area contributed by atoms with Gasteiger partial charge in [0.2, 0.25) is 0 Å². The minimum Gasteiger partial charge on any atom is -0.454 e. The zero-order chi connectivity index (χ0) is 20.2. The van der Waals surface area contributed by atoms with Crippen molar-refractivity contribution in [1.82, 2.24) is 4.98 Å². The summed E-state index contributed by atoms with van der Waals surface area (Å²) in [6.07, 6.45) is 1.91. The van der Waals surface area contributed by atoms with Crippen molar-refractivity contribution in [1.29, 1.82) is 0 Å². The molecule has 0 spiro atoms. The first-order valence-corrected chi connectivity index (χ1v) is 10.2. The molecule has 0 N–H and O–H groups in total. The lowest BCUT2D eigenvalue weighted by Crippen LogP contribution is -2.35. The van der Waals surface area contributed by atoms with Crippen LogP contribution in [0.2, 0.25) is 0 Å². The molecule has 0 saturated carbocycles. The van der Waals surface area contributed by atoms with Crippen LogP contribution in [0.15, 0.2) is 89.5 Å². The number of benzene rings is 3. The second-order valence-corrected chi connectivity index (χ2v) is 7.76. The first kappa shape index (κ1) is 17.1. The normalized spacial score (nSPS) is 15.9. The van der Waals surface area contributed by atoms with E-state index in [2.05, 4.69) is 78.2 Å². The van der Waals surface area contributed by atoms with Crippen molar-refractivity contribution in [3.63, 3.8) is 0 Å². The minimum absolute atomic E-state index is 0.0508. The first-order valence-electron chi connectivity index (χ1n) is 10.2. The highest BCUT2D eigenvalue weighted by Gasteiger charge is 2.38. The number of aryl methyl sites for hydroxylation is 1. The van der Waals surface area contributed by atoms with Gasteiger partial charge >= 0.3 is 0 Å². The van der Waals surface area contributed by atoms with E-state index in [0.717, 1.165) is 44.8 Å². The van der Waals surface area contributed by atoms with Gasteiger partial charge in [-0.3, -0.25) is 4.90 Å². The summed E-state index contributed by atoms with van der Waals surface area (Å²) < 4.78 is 6.39. The number of rotatable bonds is 2. The lowest BCUT2D eigenvalue weighted by molar-refractivity contribution is 0.662. The summed E-state index contributed by atoms with van der Waals surface area (Å²) in [4.78, 5) is 9.43. The highest BCUT2D eigenvalue weighted by Crippen LogP contribution is 2.49. The van der Waals surface area contributed by atoms with Gasteiger partial charge < -0.3 is 9.32 Å². The molecule has 1 atom stereocenters. The molecule has 0 fully saturated rings. The van der Waals surface area contributed by atoms with Gasteiger partial charge in [0.05, 0.1) is 11.4 Å². The van der Waals surface area contributed by atoms with E-state index < -0.39 is 0 Å². The van der Waals surface area contributed by atoms with Crippen LogP contribution < -0.4 is 9.80 Å². The zero-order valence-electron chi connectivity index (χ0n) is 16.9. The van der Waals surface area contributed by atoms with Crippen molar-refractivity contribution in [3.8, 4) is 0 Å². The van der Waals surface area contributed by atoms with Gasteiger partial charge in [0.1, 0.15) is 11.7 Å². The van der Waals surface area contributed by atoms with Crippen molar-refractivity contribution in [2.24, 2.45) is 0 Å². The monoisotopic (exact) mass is 391 g/mol. The van der Waals surface area contributed by atoms with Crippen molar-refractivity contribution >= 4 is 44.8 Å². The Balaban J connectivity index is 1.63. The first-order chi connectivity index (χ1) is 14.7. The average molecular weight is 391 g/mol. The number of hydrogen-bond acceptors (Lipinski definition) is 4. The largest absolute Gasteiger partial charge is 0.454 e. The molecule has 6 rings (SSSR count). The van der Waals surface area contributed by atoms with Gasteiger partial charge in [0.15, 0.2) is 11.4 Å². The van der Waals surface area contributed by atoms with Crippen molar-refractivity contribution in [2.45, 2.75) is 20.0 Å². The SMILES string of the molecule is Cc1ccc2c(oc3ccccc32)c1N1c2ncccc2N(c2ccccc2)[C@H]1C. The van der Waals surface area contributed by atoms with Crippen LogP contribution >= 0.6 is 0 Å². The fraction of sp³-hybridized carbons (Fsp3) is 0.115. The molecule has 0 radical (unpaired) electrons. The van der Waals surface area contributed by atoms with E-state index in [-0.39, 0.29) is 6.17 Å². The Morgan fingerprint density at radius 2 is 1.60 bits per heavy atom. The molecule has 0 saturated heterocycles. The number of anilines is 4. The number of nitrogens with zero attached hydrogens (tertiary/aromatic N) is 3. The summed E-state index contributed by atoms with van der Waals surface area (Å²) in [5.74, 6) is 0.949.